The molecule has 5 nitrogen and oxygen atoms in total. The molecule has 0 saturated heterocycles. The van der Waals surface area contributed by atoms with E-state index < -0.39 is 0 Å². The molecule has 1 aromatic carbocycles. The minimum Gasteiger partial charge on any atom is -0.497 e. The molecule has 0 radical (unpaired) electrons. The van der Waals surface area contributed by atoms with Crippen molar-refractivity contribution in [3.8, 4) is 11.5 Å². The Morgan fingerprint density at radius 3 is 2.48 bits per heavy atom. The van der Waals surface area contributed by atoms with Crippen LogP contribution >= 0.6 is 0 Å². The molecule has 0 aromatic heterocycles. The highest BCUT2D eigenvalue weighted by Gasteiger charge is 2.13. The van der Waals surface area contributed by atoms with Gasteiger partial charge in [-0.2, -0.15) is 0 Å². The van der Waals surface area contributed by atoms with Crippen LogP contribution in [-0.2, 0) is 9.47 Å². The number of hydrogen-bond donors (Lipinski definition) is 1. The second kappa shape index (κ2) is 10.4. The summed E-state index contributed by atoms with van der Waals surface area (Å²) >= 11 is 0. The maximum Gasteiger partial charge on any atom is 0.123 e. The molecule has 1 unspecified atom stereocenters. The van der Waals surface area contributed by atoms with Gasteiger partial charge in [0.15, 0.2) is 0 Å². The molecule has 0 aliphatic rings. The zero-order valence-electron chi connectivity index (χ0n) is 13.3. The number of benzene rings is 1. The van der Waals surface area contributed by atoms with Gasteiger partial charge in [0.25, 0.3) is 0 Å². The Bertz CT molecular complexity index is 398. The fourth-order valence-electron chi connectivity index (χ4n) is 1.90. The summed E-state index contributed by atoms with van der Waals surface area (Å²) in [6.45, 7) is 4.49. The zero-order valence-corrected chi connectivity index (χ0v) is 13.3. The molecule has 120 valence electrons. The second-order valence-corrected chi connectivity index (χ2v) is 4.76. The zero-order chi connectivity index (χ0) is 15.5. The Kier molecular flexibility index (Phi) is 8.82. The van der Waals surface area contributed by atoms with Gasteiger partial charge in [-0.3, -0.25) is 0 Å². The SMILES string of the molecule is CCCCOCCOCC(N)c1cc(OC)ccc1OC. The van der Waals surface area contributed by atoms with Gasteiger partial charge < -0.3 is 24.7 Å². The van der Waals surface area contributed by atoms with E-state index in [1.165, 1.54) is 0 Å². The number of ether oxygens (including phenoxy) is 4. The predicted molar refractivity (Wildman–Crippen MR) is 83.0 cm³/mol. The summed E-state index contributed by atoms with van der Waals surface area (Å²) in [7, 11) is 3.25. The van der Waals surface area contributed by atoms with E-state index in [9.17, 15) is 0 Å². The molecule has 0 fully saturated rings. The molecule has 0 heterocycles. The third-order valence-corrected chi connectivity index (χ3v) is 3.15. The van der Waals surface area contributed by atoms with Crippen LogP contribution in [0.15, 0.2) is 18.2 Å². The van der Waals surface area contributed by atoms with Gasteiger partial charge in [0.05, 0.1) is 40.1 Å². The van der Waals surface area contributed by atoms with Gasteiger partial charge in [-0.1, -0.05) is 13.3 Å². The van der Waals surface area contributed by atoms with E-state index in [0.29, 0.717) is 19.8 Å². The van der Waals surface area contributed by atoms with Crippen molar-refractivity contribution in [1.29, 1.82) is 0 Å². The maximum atomic E-state index is 6.16. The molecule has 0 saturated carbocycles. The number of rotatable bonds is 11. The van der Waals surface area contributed by atoms with Crippen LogP contribution in [0.4, 0.5) is 0 Å². The predicted octanol–water partition coefficient (Wildman–Crippen LogP) is 2.54. The first-order valence-corrected chi connectivity index (χ1v) is 7.35. The standard InChI is InChI=1S/C16H27NO4/c1-4-5-8-20-9-10-21-12-15(17)14-11-13(18-2)6-7-16(14)19-3/h6-7,11,15H,4-5,8-10,12,17H2,1-3H3. The van der Waals surface area contributed by atoms with E-state index >= 15 is 0 Å². The molecule has 0 aliphatic heterocycles. The molecule has 5 heteroatoms. The molecule has 1 rings (SSSR count). The number of hydrogen-bond acceptors (Lipinski definition) is 5. The van der Waals surface area contributed by atoms with Crippen LogP contribution in [0.5, 0.6) is 11.5 Å². The number of unbranched alkanes of at least 4 members (excludes halogenated alkanes) is 1. The Morgan fingerprint density at radius 1 is 1.05 bits per heavy atom. The molecule has 0 amide bonds. The van der Waals surface area contributed by atoms with Crippen molar-refractivity contribution in [2.24, 2.45) is 5.73 Å². The Hall–Kier alpha value is -1.30. The van der Waals surface area contributed by atoms with E-state index in [4.69, 9.17) is 24.7 Å². The molecule has 0 bridgehead atoms. The molecule has 0 spiro atoms. The van der Waals surface area contributed by atoms with E-state index in [2.05, 4.69) is 6.92 Å². The van der Waals surface area contributed by atoms with Crippen LogP contribution in [0.1, 0.15) is 31.4 Å². The largest absolute Gasteiger partial charge is 0.497 e. The first-order chi connectivity index (χ1) is 10.2. The fourth-order valence-corrected chi connectivity index (χ4v) is 1.90. The second-order valence-electron chi connectivity index (χ2n) is 4.76. The lowest BCUT2D eigenvalue weighted by Gasteiger charge is -2.17. The molecule has 21 heavy (non-hydrogen) atoms. The monoisotopic (exact) mass is 297 g/mol. The smallest absolute Gasteiger partial charge is 0.123 e. The highest BCUT2D eigenvalue weighted by Crippen LogP contribution is 2.28. The van der Waals surface area contributed by atoms with Crippen molar-refractivity contribution in [2.75, 3.05) is 40.6 Å². The van der Waals surface area contributed by atoms with Crippen LogP contribution in [0.25, 0.3) is 0 Å². The highest BCUT2D eigenvalue weighted by atomic mass is 16.5. The van der Waals surface area contributed by atoms with Gasteiger partial charge in [0.1, 0.15) is 11.5 Å². The quantitative estimate of drug-likeness (QED) is 0.636. The molecule has 1 aromatic rings. The van der Waals surface area contributed by atoms with Crippen LogP contribution in [0.2, 0.25) is 0 Å². The Balaban J connectivity index is 2.38. The third kappa shape index (κ3) is 6.33. The van der Waals surface area contributed by atoms with E-state index in [1.807, 2.05) is 18.2 Å². The topological polar surface area (TPSA) is 62.9 Å². The average Bonchev–Trinajstić information content (AvgIpc) is 2.53. The lowest BCUT2D eigenvalue weighted by Crippen LogP contribution is -2.19. The molecular formula is C16H27NO4. The summed E-state index contributed by atoms with van der Waals surface area (Å²) in [5.74, 6) is 1.50. The van der Waals surface area contributed by atoms with E-state index in [0.717, 1.165) is 36.5 Å². The van der Waals surface area contributed by atoms with Crippen molar-refractivity contribution in [1.82, 2.24) is 0 Å². The van der Waals surface area contributed by atoms with Gasteiger partial charge in [0.2, 0.25) is 0 Å². The summed E-state index contributed by atoms with van der Waals surface area (Å²) in [5, 5.41) is 0. The first-order valence-electron chi connectivity index (χ1n) is 7.35. The fraction of sp³-hybridized carbons (Fsp3) is 0.625. The average molecular weight is 297 g/mol. The van der Waals surface area contributed by atoms with Crippen LogP contribution in [0, 0.1) is 0 Å². The number of methoxy groups -OCH3 is 2. The number of nitrogens with two attached hydrogens (primary N) is 1. The molecule has 0 aliphatic carbocycles. The minimum atomic E-state index is -0.259. The van der Waals surface area contributed by atoms with Crippen molar-refractivity contribution >= 4 is 0 Å². The Labute approximate surface area is 127 Å². The summed E-state index contributed by atoms with van der Waals surface area (Å²) < 4.78 is 21.5. The van der Waals surface area contributed by atoms with Gasteiger partial charge in [-0.05, 0) is 24.6 Å². The van der Waals surface area contributed by atoms with Gasteiger partial charge >= 0.3 is 0 Å². The lowest BCUT2D eigenvalue weighted by molar-refractivity contribution is 0.0414. The van der Waals surface area contributed by atoms with Crippen molar-refractivity contribution in [3.05, 3.63) is 23.8 Å². The summed E-state index contributed by atoms with van der Waals surface area (Å²) in [6, 6.07) is 5.31. The van der Waals surface area contributed by atoms with Crippen LogP contribution in [0.3, 0.4) is 0 Å². The minimum absolute atomic E-state index is 0.259. The molecule has 1 atom stereocenters. The maximum absolute atomic E-state index is 6.16. The normalized spacial score (nSPS) is 12.2. The summed E-state index contributed by atoms with van der Waals surface area (Å²) in [5.41, 5.74) is 7.03. The summed E-state index contributed by atoms with van der Waals surface area (Å²) in [6.07, 6.45) is 2.22. The van der Waals surface area contributed by atoms with Gasteiger partial charge in [-0.15, -0.1) is 0 Å². The third-order valence-electron chi connectivity index (χ3n) is 3.15. The van der Waals surface area contributed by atoms with Crippen LogP contribution < -0.4 is 15.2 Å². The van der Waals surface area contributed by atoms with Crippen molar-refractivity contribution in [2.45, 2.75) is 25.8 Å². The van der Waals surface area contributed by atoms with E-state index in [1.54, 1.807) is 14.2 Å². The van der Waals surface area contributed by atoms with Crippen LogP contribution in [-0.4, -0.2) is 40.6 Å². The highest BCUT2D eigenvalue weighted by molar-refractivity contribution is 5.42. The first kappa shape index (κ1) is 17.8. The van der Waals surface area contributed by atoms with E-state index in [-0.39, 0.29) is 6.04 Å². The van der Waals surface area contributed by atoms with Crippen molar-refractivity contribution < 1.29 is 18.9 Å². The Morgan fingerprint density at radius 2 is 1.81 bits per heavy atom. The van der Waals surface area contributed by atoms with Crippen molar-refractivity contribution in [3.63, 3.8) is 0 Å². The lowest BCUT2D eigenvalue weighted by atomic mass is 10.1. The summed E-state index contributed by atoms with van der Waals surface area (Å²) in [4.78, 5) is 0. The molecular weight excluding hydrogens is 270 g/mol. The van der Waals surface area contributed by atoms with Gasteiger partial charge in [0, 0.05) is 12.2 Å². The van der Waals surface area contributed by atoms with Gasteiger partial charge in [-0.25, -0.2) is 0 Å². The molecule has 2 N–H and O–H groups in total.